The Labute approximate surface area is 121 Å². The van der Waals surface area contributed by atoms with Crippen LogP contribution in [0.3, 0.4) is 0 Å². The van der Waals surface area contributed by atoms with Crippen LogP contribution in [0.1, 0.15) is 32.6 Å². The molecule has 0 saturated carbocycles. The maximum absolute atomic E-state index is 12.7. The standard InChI is InChI=1S/C15H27N3O2/c1-12-4-5-13(20-12)11-18-8-2-3-14(18)15(19)17-9-6-16-7-10-17/h12-14,16H,2-11H2,1H3. The molecule has 3 fully saturated rings. The van der Waals surface area contributed by atoms with Gasteiger partial charge in [0.15, 0.2) is 0 Å². The van der Waals surface area contributed by atoms with E-state index in [9.17, 15) is 4.79 Å². The average molecular weight is 281 g/mol. The van der Waals surface area contributed by atoms with Gasteiger partial charge in [0.25, 0.3) is 0 Å². The molecule has 0 spiro atoms. The smallest absolute Gasteiger partial charge is 0.240 e. The highest BCUT2D eigenvalue weighted by Crippen LogP contribution is 2.25. The molecule has 0 aromatic rings. The molecular weight excluding hydrogens is 254 g/mol. The summed E-state index contributed by atoms with van der Waals surface area (Å²) in [7, 11) is 0. The van der Waals surface area contributed by atoms with Crippen LogP contribution in [-0.4, -0.2) is 73.2 Å². The minimum Gasteiger partial charge on any atom is -0.374 e. The van der Waals surface area contributed by atoms with Crippen molar-refractivity contribution >= 4 is 5.91 Å². The molecule has 3 rings (SSSR count). The van der Waals surface area contributed by atoms with Crippen LogP contribution in [-0.2, 0) is 9.53 Å². The first-order chi connectivity index (χ1) is 9.74. The monoisotopic (exact) mass is 281 g/mol. The number of amides is 1. The predicted octanol–water partition coefficient (Wildman–Crippen LogP) is 0.450. The lowest BCUT2D eigenvalue weighted by molar-refractivity contribution is -0.137. The lowest BCUT2D eigenvalue weighted by Gasteiger charge is -2.33. The summed E-state index contributed by atoms with van der Waals surface area (Å²) in [5.74, 6) is 0.343. The van der Waals surface area contributed by atoms with Crippen molar-refractivity contribution in [1.29, 1.82) is 0 Å². The van der Waals surface area contributed by atoms with Crippen LogP contribution in [0.25, 0.3) is 0 Å². The Balaban J connectivity index is 1.55. The molecule has 1 N–H and O–H groups in total. The summed E-state index contributed by atoms with van der Waals surface area (Å²) in [5.41, 5.74) is 0. The quantitative estimate of drug-likeness (QED) is 0.816. The van der Waals surface area contributed by atoms with E-state index in [1.807, 2.05) is 4.90 Å². The van der Waals surface area contributed by atoms with Crippen molar-refractivity contribution in [3.63, 3.8) is 0 Å². The van der Waals surface area contributed by atoms with Gasteiger partial charge in [-0.1, -0.05) is 0 Å². The largest absolute Gasteiger partial charge is 0.374 e. The molecule has 5 nitrogen and oxygen atoms in total. The topological polar surface area (TPSA) is 44.8 Å². The van der Waals surface area contributed by atoms with Crippen LogP contribution >= 0.6 is 0 Å². The minimum absolute atomic E-state index is 0.104. The average Bonchev–Trinajstić information content (AvgIpc) is 3.09. The van der Waals surface area contributed by atoms with Crippen LogP contribution in [0.4, 0.5) is 0 Å². The Morgan fingerprint density at radius 2 is 2.00 bits per heavy atom. The molecule has 3 atom stereocenters. The van der Waals surface area contributed by atoms with Crippen molar-refractivity contribution in [3.05, 3.63) is 0 Å². The highest BCUT2D eigenvalue weighted by atomic mass is 16.5. The Morgan fingerprint density at radius 3 is 2.70 bits per heavy atom. The summed E-state index contributed by atoms with van der Waals surface area (Å²) in [5, 5.41) is 3.31. The van der Waals surface area contributed by atoms with E-state index in [1.165, 1.54) is 0 Å². The van der Waals surface area contributed by atoms with E-state index in [2.05, 4.69) is 17.1 Å². The summed E-state index contributed by atoms with van der Waals surface area (Å²) in [6.45, 7) is 7.72. The second-order valence-corrected chi connectivity index (χ2v) is 6.37. The third kappa shape index (κ3) is 3.15. The van der Waals surface area contributed by atoms with Gasteiger partial charge in [-0.3, -0.25) is 9.69 Å². The predicted molar refractivity (Wildman–Crippen MR) is 77.6 cm³/mol. The molecule has 114 valence electrons. The maximum Gasteiger partial charge on any atom is 0.240 e. The number of carbonyl (C=O) groups excluding carboxylic acids is 1. The fourth-order valence-corrected chi connectivity index (χ4v) is 3.70. The van der Waals surface area contributed by atoms with Gasteiger partial charge in [-0.05, 0) is 39.2 Å². The lowest BCUT2D eigenvalue weighted by Crippen LogP contribution is -2.53. The van der Waals surface area contributed by atoms with Crippen LogP contribution in [0.2, 0.25) is 0 Å². The summed E-state index contributed by atoms with van der Waals surface area (Å²) in [6.07, 6.45) is 5.20. The number of hydrogen-bond donors (Lipinski definition) is 1. The van der Waals surface area contributed by atoms with E-state index in [-0.39, 0.29) is 6.04 Å². The number of likely N-dealkylation sites (tertiary alicyclic amines) is 1. The zero-order chi connectivity index (χ0) is 13.9. The van der Waals surface area contributed by atoms with Crippen LogP contribution < -0.4 is 5.32 Å². The number of ether oxygens (including phenoxy) is 1. The molecule has 0 radical (unpaired) electrons. The number of carbonyl (C=O) groups is 1. The van der Waals surface area contributed by atoms with Crippen molar-refractivity contribution < 1.29 is 9.53 Å². The molecular formula is C15H27N3O2. The van der Waals surface area contributed by atoms with E-state index in [1.54, 1.807) is 0 Å². The molecule has 20 heavy (non-hydrogen) atoms. The SMILES string of the molecule is CC1CCC(CN2CCCC2C(=O)N2CCNCC2)O1. The van der Waals surface area contributed by atoms with Gasteiger partial charge in [0.05, 0.1) is 18.2 Å². The van der Waals surface area contributed by atoms with Crippen molar-refractivity contribution in [2.45, 2.75) is 50.9 Å². The van der Waals surface area contributed by atoms with Gasteiger partial charge < -0.3 is 15.0 Å². The third-order valence-electron chi connectivity index (χ3n) is 4.84. The summed E-state index contributed by atoms with van der Waals surface area (Å²) in [6, 6.07) is 0.104. The maximum atomic E-state index is 12.7. The highest BCUT2D eigenvalue weighted by Gasteiger charge is 2.36. The van der Waals surface area contributed by atoms with Gasteiger partial charge in [0.2, 0.25) is 5.91 Å². The first-order valence-corrected chi connectivity index (χ1v) is 8.13. The van der Waals surface area contributed by atoms with Gasteiger partial charge in [-0.15, -0.1) is 0 Å². The molecule has 3 unspecified atom stereocenters. The van der Waals surface area contributed by atoms with E-state index in [0.717, 1.165) is 65.0 Å². The third-order valence-corrected chi connectivity index (χ3v) is 4.84. The zero-order valence-corrected chi connectivity index (χ0v) is 12.5. The van der Waals surface area contributed by atoms with E-state index in [0.29, 0.717) is 18.1 Å². The summed E-state index contributed by atoms with van der Waals surface area (Å²) < 4.78 is 5.92. The van der Waals surface area contributed by atoms with Gasteiger partial charge in [0, 0.05) is 32.7 Å². The number of hydrogen-bond acceptors (Lipinski definition) is 4. The number of rotatable bonds is 3. The molecule has 0 bridgehead atoms. The second kappa shape index (κ2) is 6.41. The van der Waals surface area contributed by atoms with Crippen molar-refractivity contribution in [1.82, 2.24) is 15.1 Å². The molecule has 3 aliphatic rings. The van der Waals surface area contributed by atoms with Crippen molar-refractivity contribution in [2.75, 3.05) is 39.3 Å². The van der Waals surface area contributed by atoms with E-state index >= 15 is 0 Å². The van der Waals surface area contributed by atoms with Gasteiger partial charge in [-0.25, -0.2) is 0 Å². The molecule has 3 saturated heterocycles. The Kier molecular flexibility index (Phi) is 4.58. The Bertz CT molecular complexity index is 344. The van der Waals surface area contributed by atoms with Crippen molar-refractivity contribution in [3.8, 4) is 0 Å². The molecule has 3 heterocycles. The first kappa shape index (κ1) is 14.3. The number of nitrogens with one attached hydrogen (secondary N) is 1. The van der Waals surface area contributed by atoms with Gasteiger partial charge >= 0.3 is 0 Å². The molecule has 3 aliphatic heterocycles. The number of piperazine rings is 1. The normalized spacial score (nSPS) is 35.6. The fraction of sp³-hybridized carbons (Fsp3) is 0.933. The van der Waals surface area contributed by atoms with E-state index < -0.39 is 0 Å². The second-order valence-electron chi connectivity index (χ2n) is 6.37. The van der Waals surface area contributed by atoms with Crippen LogP contribution in [0.15, 0.2) is 0 Å². The molecule has 0 aromatic carbocycles. The van der Waals surface area contributed by atoms with E-state index in [4.69, 9.17) is 4.74 Å². The number of nitrogens with zero attached hydrogens (tertiary/aromatic N) is 2. The minimum atomic E-state index is 0.104. The van der Waals surface area contributed by atoms with Crippen molar-refractivity contribution in [2.24, 2.45) is 0 Å². The van der Waals surface area contributed by atoms with Crippen LogP contribution in [0.5, 0.6) is 0 Å². The molecule has 5 heteroatoms. The highest BCUT2D eigenvalue weighted by molar-refractivity contribution is 5.82. The molecule has 0 aromatic heterocycles. The Morgan fingerprint density at radius 1 is 1.20 bits per heavy atom. The first-order valence-electron chi connectivity index (χ1n) is 8.13. The lowest BCUT2D eigenvalue weighted by atomic mass is 10.1. The molecule has 1 amide bonds. The fourth-order valence-electron chi connectivity index (χ4n) is 3.70. The van der Waals surface area contributed by atoms with Gasteiger partial charge in [-0.2, -0.15) is 0 Å². The van der Waals surface area contributed by atoms with Crippen LogP contribution in [0, 0.1) is 0 Å². The zero-order valence-electron chi connectivity index (χ0n) is 12.5. The van der Waals surface area contributed by atoms with Gasteiger partial charge in [0.1, 0.15) is 0 Å². The molecule has 0 aliphatic carbocycles. The summed E-state index contributed by atoms with van der Waals surface area (Å²) in [4.78, 5) is 17.1. The Hall–Kier alpha value is -0.650. The summed E-state index contributed by atoms with van der Waals surface area (Å²) >= 11 is 0.